The van der Waals surface area contributed by atoms with Gasteiger partial charge in [0.25, 0.3) is 5.91 Å². The van der Waals surface area contributed by atoms with Crippen molar-refractivity contribution in [3.63, 3.8) is 0 Å². The van der Waals surface area contributed by atoms with E-state index in [2.05, 4.69) is 10.6 Å². The van der Waals surface area contributed by atoms with Crippen molar-refractivity contribution in [1.82, 2.24) is 10.6 Å². The van der Waals surface area contributed by atoms with Crippen LogP contribution in [-0.2, 0) is 11.3 Å². The van der Waals surface area contributed by atoms with Crippen LogP contribution in [0.1, 0.15) is 40.7 Å². The molecule has 1 atom stereocenters. The molecule has 24 heavy (non-hydrogen) atoms. The first kappa shape index (κ1) is 17.7. The molecular weight excluding hydrogens is 307 g/mol. The topological polar surface area (TPSA) is 58.2 Å². The SMILES string of the molecule is CNC(=O)c1cccc(CNC(=O)C[C@@H](C)c2ccccc2F)c1. The highest BCUT2D eigenvalue weighted by atomic mass is 19.1. The molecule has 5 heteroatoms. The Bertz CT molecular complexity index is 731. The first-order valence-electron chi connectivity index (χ1n) is 7.83. The first-order chi connectivity index (χ1) is 11.5. The lowest BCUT2D eigenvalue weighted by atomic mass is 9.97. The van der Waals surface area contributed by atoms with Crippen LogP contribution in [0.4, 0.5) is 4.39 Å². The minimum absolute atomic E-state index is 0.156. The molecule has 0 bridgehead atoms. The summed E-state index contributed by atoms with van der Waals surface area (Å²) in [6, 6.07) is 13.5. The smallest absolute Gasteiger partial charge is 0.251 e. The normalized spacial score (nSPS) is 11.6. The fourth-order valence-corrected chi connectivity index (χ4v) is 2.50. The van der Waals surface area contributed by atoms with Crippen LogP contribution in [0.3, 0.4) is 0 Å². The average molecular weight is 328 g/mol. The molecule has 0 aromatic heterocycles. The van der Waals surface area contributed by atoms with Crippen LogP contribution in [0.15, 0.2) is 48.5 Å². The van der Waals surface area contributed by atoms with Crippen molar-refractivity contribution in [3.8, 4) is 0 Å². The highest BCUT2D eigenvalue weighted by Gasteiger charge is 2.14. The molecule has 4 nitrogen and oxygen atoms in total. The summed E-state index contributed by atoms with van der Waals surface area (Å²) in [5, 5.41) is 5.37. The van der Waals surface area contributed by atoms with E-state index >= 15 is 0 Å². The van der Waals surface area contributed by atoms with Crippen molar-refractivity contribution in [2.75, 3.05) is 7.05 Å². The molecule has 0 aliphatic rings. The third-order valence-corrected chi connectivity index (χ3v) is 3.83. The number of hydrogen-bond acceptors (Lipinski definition) is 2. The van der Waals surface area contributed by atoms with Crippen LogP contribution in [0.25, 0.3) is 0 Å². The summed E-state index contributed by atoms with van der Waals surface area (Å²) in [6.45, 7) is 2.15. The maximum Gasteiger partial charge on any atom is 0.251 e. The highest BCUT2D eigenvalue weighted by molar-refractivity contribution is 5.94. The summed E-state index contributed by atoms with van der Waals surface area (Å²) in [7, 11) is 1.57. The van der Waals surface area contributed by atoms with Gasteiger partial charge in [-0.3, -0.25) is 9.59 Å². The van der Waals surface area contributed by atoms with E-state index in [1.54, 1.807) is 43.4 Å². The summed E-state index contributed by atoms with van der Waals surface area (Å²) in [6.07, 6.45) is 0.204. The Morgan fingerprint density at radius 1 is 1.12 bits per heavy atom. The molecule has 2 aromatic carbocycles. The van der Waals surface area contributed by atoms with Gasteiger partial charge in [0.2, 0.25) is 5.91 Å². The number of carbonyl (C=O) groups is 2. The maximum atomic E-state index is 13.7. The van der Waals surface area contributed by atoms with Gasteiger partial charge >= 0.3 is 0 Å². The molecule has 2 rings (SSSR count). The second-order valence-electron chi connectivity index (χ2n) is 5.68. The van der Waals surface area contributed by atoms with Crippen LogP contribution < -0.4 is 10.6 Å². The first-order valence-corrected chi connectivity index (χ1v) is 7.83. The third-order valence-electron chi connectivity index (χ3n) is 3.83. The summed E-state index contributed by atoms with van der Waals surface area (Å²) in [5.41, 5.74) is 1.92. The van der Waals surface area contributed by atoms with Gasteiger partial charge in [0, 0.05) is 25.6 Å². The van der Waals surface area contributed by atoms with E-state index in [1.165, 1.54) is 6.07 Å². The number of rotatable bonds is 6. The van der Waals surface area contributed by atoms with E-state index in [0.29, 0.717) is 17.7 Å². The molecule has 0 heterocycles. The quantitative estimate of drug-likeness (QED) is 0.856. The van der Waals surface area contributed by atoms with E-state index in [0.717, 1.165) is 5.56 Å². The zero-order chi connectivity index (χ0) is 17.5. The molecule has 0 saturated heterocycles. The highest BCUT2D eigenvalue weighted by Crippen LogP contribution is 2.21. The van der Waals surface area contributed by atoms with E-state index in [1.807, 2.05) is 13.0 Å². The minimum atomic E-state index is -0.295. The van der Waals surface area contributed by atoms with Gasteiger partial charge in [0.1, 0.15) is 5.82 Å². The van der Waals surface area contributed by atoms with E-state index in [4.69, 9.17) is 0 Å². The summed E-state index contributed by atoms with van der Waals surface area (Å²) in [5.74, 6) is -0.827. The molecule has 0 spiro atoms. The minimum Gasteiger partial charge on any atom is -0.355 e. The van der Waals surface area contributed by atoms with Gasteiger partial charge in [-0.1, -0.05) is 37.3 Å². The van der Waals surface area contributed by atoms with Gasteiger partial charge in [-0.05, 0) is 35.2 Å². The van der Waals surface area contributed by atoms with Gasteiger partial charge in [-0.2, -0.15) is 0 Å². The van der Waals surface area contributed by atoms with Gasteiger partial charge in [-0.15, -0.1) is 0 Å². The average Bonchev–Trinajstić information content (AvgIpc) is 2.59. The number of halogens is 1. The summed E-state index contributed by atoms with van der Waals surface area (Å²) < 4.78 is 13.7. The summed E-state index contributed by atoms with van der Waals surface area (Å²) >= 11 is 0. The third kappa shape index (κ3) is 4.65. The number of carbonyl (C=O) groups excluding carboxylic acids is 2. The van der Waals surface area contributed by atoms with Gasteiger partial charge in [0.15, 0.2) is 0 Å². The number of hydrogen-bond donors (Lipinski definition) is 2. The Labute approximate surface area is 141 Å². The molecule has 126 valence electrons. The van der Waals surface area contributed by atoms with Crippen LogP contribution >= 0.6 is 0 Å². The fraction of sp³-hybridized carbons (Fsp3) is 0.263. The van der Waals surface area contributed by atoms with Crippen molar-refractivity contribution in [3.05, 3.63) is 71.0 Å². The number of amides is 2. The molecule has 0 unspecified atom stereocenters. The van der Waals surface area contributed by atoms with E-state index in [-0.39, 0.29) is 30.0 Å². The van der Waals surface area contributed by atoms with Crippen molar-refractivity contribution >= 4 is 11.8 Å². The Balaban J connectivity index is 1.92. The molecule has 2 N–H and O–H groups in total. The van der Waals surface area contributed by atoms with Crippen LogP contribution in [0.2, 0.25) is 0 Å². The lowest BCUT2D eigenvalue weighted by molar-refractivity contribution is -0.121. The van der Waals surface area contributed by atoms with E-state index < -0.39 is 0 Å². The lowest BCUT2D eigenvalue weighted by Gasteiger charge is -2.13. The Hall–Kier alpha value is -2.69. The van der Waals surface area contributed by atoms with Gasteiger partial charge in [-0.25, -0.2) is 4.39 Å². The molecule has 2 amide bonds. The standard InChI is InChI=1S/C19H21FN2O2/c1-13(16-8-3-4-9-17(16)20)10-18(23)22-12-14-6-5-7-15(11-14)19(24)21-2/h3-9,11,13H,10,12H2,1-2H3,(H,21,24)(H,22,23)/t13-/m1/s1. The van der Waals surface area contributed by atoms with Crippen LogP contribution in [0, 0.1) is 5.82 Å². The monoisotopic (exact) mass is 328 g/mol. The summed E-state index contributed by atoms with van der Waals surface area (Å²) in [4.78, 5) is 23.7. The molecule has 2 aromatic rings. The van der Waals surface area contributed by atoms with Crippen LogP contribution in [0.5, 0.6) is 0 Å². The Morgan fingerprint density at radius 3 is 2.58 bits per heavy atom. The van der Waals surface area contributed by atoms with E-state index in [9.17, 15) is 14.0 Å². The van der Waals surface area contributed by atoms with Crippen molar-refractivity contribution in [2.24, 2.45) is 0 Å². The zero-order valence-electron chi connectivity index (χ0n) is 13.8. The fourth-order valence-electron chi connectivity index (χ4n) is 2.50. The molecule has 0 radical (unpaired) electrons. The molecular formula is C19H21FN2O2. The molecule has 0 aliphatic heterocycles. The lowest BCUT2D eigenvalue weighted by Crippen LogP contribution is -2.24. The van der Waals surface area contributed by atoms with Crippen LogP contribution in [-0.4, -0.2) is 18.9 Å². The molecule has 0 aliphatic carbocycles. The predicted octanol–water partition coefficient (Wildman–Crippen LogP) is 3.00. The zero-order valence-corrected chi connectivity index (χ0v) is 13.8. The van der Waals surface area contributed by atoms with Crippen molar-refractivity contribution < 1.29 is 14.0 Å². The second kappa shape index (κ2) is 8.24. The Morgan fingerprint density at radius 2 is 1.88 bits per heavy atom. The molecule has 0 fully saturated rings. The number of nitrogens with one attached hydrogen (secondary N) is 2. The Kier molecular flexibility index (Phi) is 6.07. The largest absolute Gasteiger partial charge is 0.355 e. The van der Waals surface area contributed by atoms with Crippen molar-refractivity contribution in [1.29, 1.82) is 0 Å². The van der Waals surface area contributed by atoms with Gasteiger partial charge in [0.05, 0.1) is 0 Å². The maximum absolute atomic E-state index is 13.7. The predicted molar refractivity (Wildman–Crippen MR) is 91.1 cm³/mol. The second-order valence-corrected chi connectivity index (χ2v) is 5.68. The number of benzene rings is 2. The van der Waals surface area contributed by atoms with Gasteiger partial charge < -0.3 is 10.6 Å². The molecule has 0 saturated carbocycles. The van der Waals surface area contributed by atoms with Crippen molar-refractivity contribution in [2.45, 2.75) is 25.8 Å².